The maximum atomic E-state index is 3.88. The molecule has 0 saturated heterocycles. The molecule has 0 aliphatic rings. The van der Waals surface area contributed by atoms with E-state index in [2.05, 4.69) is 38.9 Å². The van der Waals surface area contributed by atoms with Crippen LogP contribution in [0.1, 0.15) is 0 Å². The standard InChI is InChI=1S/C5H3IN2S/c6-4-1-3-2-7-8-5(3)9-4/h1-2H,(H,7,8). The predicted molar refractivity (Wildman–Crippen MR) is 46.7 cm³/mol. The molecule has 2 rings (SSSR count). The highest BCUT2D eigenvalue weighted by Gasteiger charge is 1.97. The van der Waals surface area contributed by atoms with Crippen molar-refractivity contribution in [3.05, 3.63) is 15.1 Å². The summed E-state index contributed by atoms with van der Waals surface area (Å²) in [5.74, 6) is 0. The first kappa shape index (κ1) is 5.67. The van der Waals surface area contributed by atoms with Crippen molar-refractivity contribution in [2.24, 2.45) is 0 Å². The number of aromatic nitrogens is 2. The monoisotopic (exact) mass is 250 g/mol. The number of fused-ring (bicyclic) bond motifs is 1. The minimum atomic E-state index is 1.17. The molecule has 0 aliphatic heterocycles. The van der Waals surface area contributed by atoms with Crippen molar-refractivity contribution in [3.63, 3.8) is 0 Å². The number of aromatic amines is 1. The number of H-pyrrole nitrogens is 1. The molecule has 0 amide bonds. The van der Waals surface area contributed by atoms with Gasteiger partial charge in [0.05, 0.1) is 9.08 Å². The van der Waals surface area contributed by atoms with E-state index in [0.29, 0.717) is 0 Å². The van der Waals surface area contributed by atoms with Gasteiger partial charge in [0, 0.05) is 5.39 Å². The van der Waals surface area contributed by atoms with Crippen LogP contribution in [0, 0.1) is 2.88 Å². The molecule has 46 valence electrons. The molecule has 0 saturated carbocycles. The Kier molecular flexibility index (Phi) is 1.23. The number of halogens is 1. The molecular weight excluding hydrogens is 247 g/mol. The van der Waals surface area contributed by atoms with Crippen molar-refractivity contribution in [2.45, 2.75) is 0 Å². The van der Waals surface area contributed by atoms with Gasteiger partial charge in [-0.2, -0.15) is 5.10 Å². The molecule has 0 spiro atoms. The Bertz CT molecular complexity index is 296. The van der Waals surface area contributed by atoms with E-state index in [1.807, 2.05) is 6.20 Å². The van der Waals surface area contributed by atoms with Crippen LogP contribution in [0.3, 0.4) is 0 Å². The molecule has 0 radical (unpaired) electrons. The van der Waals surface area contributed by atoms with Gasteiger partial charge >= 0.3 is 0 Å². The summed E-state index contributed by atoms with van der Waals surface area (Å²) >= 11 is 4.03. The van der Waals surface area contributed by atoms with Gasteiger partial charge in [0.25, 0.3) is 0 Å². The number of nitrogens with zero attached hydrogens (tertiary/aromatic N) is 1. The average Bonchev–Trinajstić information content (AvgIpc) is 2.22. The fourth-order valence-electron chi connectivity index (χ4n) is 0.717. The second kappa shape index (κ2) is 1.95. The van der Waals surface area contributed by atoms with Gasteiger partial charge in [-0.3, -0.25) is 5.10 Å². The lowest BCUT2D eigenvalue weighted by Gasteiger charge is -1.68. The van der Waals surface area contributed by atoms with Gasteiger partial charge in [0.15, 0.2) is 0 Å². The summed E-state index contributed by atoms with van der Waals surface area (Å²) in [6, 6.07) is 2.12. The quantitative estimate of drug-likeness (QED) is 0.713. The van der Waals surface area contributed by atoms with E-state index < -0.39 is 0 Å². The van der Waals surface area contributed by atoms with Gasteiger partial charge in [-0.1, -0.05) is 0 Å². The van der Waals surface area contributed by atoms with E-state index in [4.69, 9.17) is 0 Å². The SMILES string of the molecule is Ic1cc2cn[nH]c2s1. The van der Waals surface area contributed by atoms with Gasteiger partial charge in [0.2, 0.25) is 0 Å². The Balaban J connectivity index is 2.92. The molecule has 2 aromatic rings. The van der Waals surface area contributed by atoms with E-state index in [-0.39, 0.29) is 0 Å². The van der Waals surface area contributed by atoms with Crippen LogP contribution in [0.4, 0.5) is 0 Å². The molecule has 9 heavy (non-hydrogen) atoms. The van der Waals surface area contributed by atoms with Crippen molar-refractivity contribution in [1.82, 2.24) is 10.2 Å². The molecule has 2 aromatic heterocycles. The van der Waals surface area contributed by atoms with Crippen molar-refractivity contribution in [1.29, 1.82) is 0 Å². The van der Waals surface area contributed by atoms with Crippen LogP contribution in [0.25, 0.3) is 10.2 Å². The zero-order valence-electron chi connectivity index (χ0n) is 4.39. The van der Waals surface area contributed by atoms with E-state index >= 15 is 0 Å². The van der Waals surface area contributed by atoms with Crippen LogP contribution in [0.2, 0.25) is 0 Å². The molecule has 0 fully saturated rings. The lowest BCUT2D eigenvalue weighted by Crippen LogP contribution is -1.58. The molecule has 0 unspecified atom stereocenters. The van der Waals surface area contributed by atoms with Crippen molar-refractivity contribution in [2.75, 3.05) is 0 Å². The smallest absolute Gasteiger partial charge is 0.119 e. The Hall–Kier alpha value is -0.100. The number of hydrogen-bond acceptors (Lipinski definition) is 2. The van der Waals surface area contributed by atoms with Crippen LogP contribution in [0.15, 0.2) is 12.3 Å². The highest BCUT2D eigenvalue weighted by atomic mass is 127. The lowest BCUT2D eigenvalue weighted by molar-refractivity contribution is 1.12. The summed E-state index contributed by atoms with van der Waals surface area (Å²) in [5, 5.41) is 8.00. The van der Waals surface area contributed by atoms with Gasteiger partial charge in [-0.25, -0.2) is 0 Å². The third-order valence-electron chi connectivity index (χ3n) is 1.10. The Labute approximate surface area is 69.4 Å². The van der Waals surface area contributed by atoms with Crippen LogP contribution in [0.5, 0.6) is 0 Å². The molecule has 0 aliphatic carbocycles. The highest BCUT2D eigenvalue weighted by Crippen LogP contribution is 2.23. The zero-order valence-corrected chi connectivity index (χ0v) is 7.36. The summed E-state index contributed by atoms with van der Waals surface area (Å²) in [4.78, 5) is 1.17. The molecule has 0 aromatic carbocycles. The first-order chi connectivity index (χ1) is 4.36. The van der Waals surface area contributed by atoms with Crippen LogP contribution in [-0.4, -0.2) is 10.2 Å². The lowest BCUT2D eigenvalue weighted by atomic mass is 10.5. The molecule has 2 heterocycles. The second-order valence-electron chi connectivity index (χ2n) is 1.70. The predicted octanol–water partition coefficient (Wildman–Crippen LogP) is 2.23. The summed E-state index contributed by atoms with van der Waals surface area (Å²) in [7, 11) is 0. The topological polar surface area (TPSA) is 28.7 Å². The average molecular weight is 250 g/mol. The maximum Gasteiger partial charge on any atom is 0.119 e. The minimum absolute atomic E-state index is 1.17. The molecule has 0 atom stereocenters. The van der Waals surface area contributed by atoms with E-state index in [0.717, 1.165) is 0 Å². The first-order valence-electron chi connectivity index (χ1n) is 2.45. The fourth-order valence-corrected chi connectivity index (χ4v) is 2.42. The maximum absolute atomic E-state index is 3.88. The van der Waals surface area contributed by atoms with E-state index in [1.165, 1.54) is 13.1 Å². The minimum Gasteiger partial charge on any atom is -0.268 e. The summed E-state index contributed by atoms with van der Waals surface area (Å²) < 4.78 is 1.30. The third kappa shape index (κ3) is 0.858. The molecular formula is C5H3IN2S. The van der Waals surface area contributed by atoms with Gasteiger partial charge in [-0.15, -0.1) is 11.3 Å². The molecule has 1 N–H and O–H groups in total. The Morgan fingerprint density at radius 3 is 3.33 bits per heavy atom. The van der Waals surface area contributed by atoms with Crippen molar-refractivity contribution in [3.8, 4) is 0 Å². The normalized spacial score (nSPS) is 10.8. The third-order valence-corrected chi connectivity index (χ3v) is 2.92. The Morgan fingerprint density at radius 1 is 1.67 bits per heavy atom. The second-order valence-corrected chi connectivity index (χ2v) is 4.65. The number of rotatable bonds is 0. The van der Waals surface area contributed by atoms with Gasteiger partial charge in [-0.05, 0) is 28.7 Å². The summed E-state index contributed by atoms with van der Waals surface area (Å²) in [6.07, 6.45) is 1.84. The van der Waals surface area contributed by atoms with Crippen LogP contribution < -0.4 is 0 Å². The molecule has 0 bridgehead atoms. The molecule has 2 nitrogen and oxygen atoms in total. The van der Waals surface area contributed by atoms with Crippen molar-refractivity contribution >= 4 is 44.1 Å². The van der Waals surface area contributed by atoms with Crippen LogP contribution >= 0.6 is 33.9 Å². The number of hydrogen-bond donors (Lipinski definition) is 1. The number of thiophene rings is 1. The van der Waals surface area contributed by atoms with Crippen LogP contribution in [-0.2, 0) is 0 Å². The van der Waals surface area contributed by atoms with Gasteiger partial charge < -0.3 is 0 Å². The Morgan fingerprint density at radius 2 is 2.56 bits per heavy atom. The largest absolute Gasteiger partial charge is 0.268 e. The number of nitrogens with one attached hydrogen (secondary N) is 1. The molecule has 4 heteroatoms. The van der Waals surface area contributed by atoms with E-state index in [9.17, 15) is 0 Å². The highest BCUT2D eigenvalue weighted by molar-refractivity contribution is 14.1. The first-order valence-corrected chi connectivity index (χ1v) is 4.34. The summed E-state index contributed by atoms with van der Waals surface area (Å²) in [6.45, 7) is 0. The van der Waals surface area contributed by atoms with E-state index in [1.54, 1.807) is 11.3 Å². The van der Waals surface area contributed by atoms with Gasteiger partial charge in [0.1, 0.15) is 4.83 Å². The summed E-state index contributed by atoms with van der Waals surface area (Å²) in [5.41, 5.74) is 0. The van der Waals surface area contributed by atoms with Crippen molar-refractivity contribution < 1.29 is 0 Å². The zero-order chi connectivity index (χ0) is 6.27. The fraction of sp³-hybridized carbons (Fsp3) is 0.